The molecule has 1 aromatic rings. The monoisotopic (exact) mass is 179 g/mol. The first kappa shape index (κ1) is 8.66. The molecule has 13 heavy (non-hydrogen) atoms. The van der Waals surface area contributed by atoms with Crippen LogP contribution in [-0.2, 0) is 16.8 Å². The van der Waals surface area contributed by atoms with E-state index in [1.54, 1.807) is 0 Å². The van der Waals surface area contributed by atoms with E-state index in [1.165, 1.54) is 0 Å². The van der Waals surface area contributed by atoms with Gasteiger partial charge in [0.15, 0.2) is 5.60 Å². The van der Waals surface area contributed by atoms with E-state index in [1.807, 2.05) is 25.1 Å². The van der Waals surface area contributed by atoms with Crippen LogP contribution in [0.3, 0.4) is 0 Å². The van der Waals surface area contributed by atoms with Crippen LogP contribution < -0.4 is 0 Å². The second-order valence-electron chi connectivity index (χ2n) is 3.39. The number of nitrogens with zero attached hydrogens (tertiary/aromatic N) is 1. The molecule has 3 heteroatoms. The van der Waals surface area contributed by atoms with E-state index >= 15 is 0 Å². The van der Waals surface area contributed by atoms with Gasteiger partial charge in [0.25, 0.3) is 0 Å². The lowest BCUT2D eigenvalue weighted by atomic mass is 9.97. The Morgan fingerprint density at radius 2 is 2.31 bits per heavy atom. The van der Waals surface area contributed by atoms with Gasteiger partial charge in [0.2, 0.25) is 0 Å². The number of hydrogen-bond donors (Lipinski definition) is 1. The summed E-state index contributed by atoms with van der Waals surface area (Å²) in [6.45, 7) is 2.79. The van der Waals surface area contributed by atoms with Gasteiger partial charge < -0.3 is 9.84 Å². The third-order valence-electron chi connectivity index (χ3n) is 2.33. The van der Waals surface area contributed by atoms with Crippen LogP contribution in [0.1, 0.15) is 18.3 Å². The van der Waals surface area contributed by atoms with Gasteiger partial charge in [0, 0.05) is 5.69 Å². The molecule has 0 unspecified atom stereocenters. The van der Waals surface area contributed by atoms with Crippen molar-refractivity contribution >= 4 is 0 Å². The van der Waals surface area contributed by atoms with E-state index in [-0.39, 0.29) is 0 Å². The van der Waals surface area contributed by atoms with Gasteiger partial charge in [-0.1, -0.05) is 13.0 Å². The van der Waals surface area contributed by atoms with Crippen molar-refractivity contribution < 1.29 is 9.84 Å². The van der Waals surface area contributed by atoms with Gasteiger partial charge in [-0.05, 0) is 18.6 Å². The number of aliphatic hydroxyl groups is 1. The van der Waals surface area contributed by atoms with Gasteiger partial charge in [-0.15, -0.1) is 0 Å². The first-order valence-electron chi connectivity index (χ1n) is 4.51. The standard InChI is InChI=1S/C10H13NO2/c1-2-8-4-3-5-9(11-8)10(12)6-13-7-10/h3-5,12H,2,6-7H2,1H3. The highest BCUT2D eigenvalue weighted by molar-refractivity contribution is 5.19. The molecule has 2 rings (SSSR count). The predicted molar refractivity (Wildman–Crippen MR) is 48.3 cm³/mol. The van der Waals surface area contributed by atoms with Gasteiger partial charge in [-0.3, -0.25) is 4.98 Å². The molecule has 1 fully saturated rings. The molecule has 1 aliphatic rings. The number of aromatic nitrogens is 1. The van der Waals surface area contributed by atoms with Crippen molar-refractivity contribution in [1.82, 2.24) is 4.98 Å². The minimum absolute atomic E-state index is 0.368. The number of rotatable bonds is 2. The average molecular weight is 179 g/mol. The molecule has 0 spiro atoms. The fourth-order valence-corrected chi connectivity index (χ4v) is 1.38. The summed E-state index contributed by atoms with van der Waals surface area (Å²) >= 11 is 0. The second-order valence-corrected chi connectivity index (χ2v) is 3.39. The summed E-state index contributed by atoms with van der Waals surface area (Å²) in [7, 11) is 0. The number of aryl methyl sites for hydroxylation is 1. The van der Waals surface area contributed by atoms with E-state index in [9.17, 15) is 5.11 Å². The zero-order valence-electron chi connectivity index (χ0n) is 7.66. The summed E-state index contributed by atoms with van der Waals surface area (Å²) < 4.78 is 4.98. The van der Waals surface area contributed by atoms with Gasteiger partial charge in [-0.2, -0.15) is 0 Å². The smallest absolute Gasteiger partial charge is 0.153 e. The Hall–Kier alpha value is -0.930. The Labute approximate surface area is 77.4 Å². The van der Waals surface area contributed by atoms with Crippen LogP contribution in [0.2, 0.25) is 0 Å². The van der Waals surface area contributed by atoms with Crippen molar-refractivity contribution in [2.45, 2.75) is 18.9 Å². The Morgan fingerprint density at radius 1 is 1.54 bits per heavy atom. The highest BCUT2D eigenvalue weighted by atomic mass is 16.5. The average Bonchev–Trinajstić information content (AvgIpc) is 2.14. The van der Waals surface area contributed by atoms with Crippen LogP contribution >= 0.6 is 0 Å². The van der Waals surface area contributed by atoms with Gasteiger partial charge in [0.05, 0.1) is 18.9 Å². The van der Waals surface area contributed by atoms with E-state index in [0.29, 0.717) is 13.2 Å². The van der Waals surface area contributed by atoms with E-state index < -0.39 is 5.60 Å². The molecule has 1 aliphatic heterocycles. The summed E-state index contributed by atoms with van der Waals surface area (Å²) in [5.41, 5.74) is 0.918. The summed E-state index contributed by atoms with van der Waals surface area (Å²) in [5, 5.41) is 9.91. The zero-order valence-corrected chi connectivity index (χ0v) is 7.66. The lowest BCUT2D eigenvalue weighted by Gasteiger charge is -2.35. The summed E-state index contributed by atoms with van der Waals surface area (Å²) in [6, 6.07) is 5.74. The molecule has 0 radical (unpaired) electrons. The van der Waals surface area contributed by atoms with Gasteiger partial charge in [0.1, 0.15) is 0 Å². The normalized spacial score (nSPS) is 19.5. The molecular weight excluding hydrogens is 166 g/mol. The first-order chi connectivity index (χ1) is 6.24. The quantitative estimate of drug-likeness (QED) is 0.732. The van der Waals surface area contributed by atoms with Crippen LogP contribution in [0, 0.1) is 0 Å². The van der Waals surface area contributed by atoms with Crippen LogP contribution in [0.15, 0.2) is 18.2 Å². The second kappa shape index (κ2) is 3.09. The minimum Gasteiger partial charge on any atom is -0.379 e. The third kappa shape index (κ3) is 1.45. The molecule has 0 bridgehead atoms. The zero-order chi connectivity index (χ0) is 9.31. The summed E-state index contributed by atoms with van der Waals surface area (Å²) in [4.78, 5) is 4.36. The molecule has 0 aromatic carbocycles. The predicted octanol–water partition coefficient (Wildman–Crippen LogP) is 0.862. The van der Waals surface area contributed by atoms with Crippen LogP contribution in [-0.4, -0.2) is 23.3 Å². The fourth-order valence-electron chi connectivity index (χ4n) is 1.38. The van der Waals surface area contributed by atoms with Crippen molar-refractivity contribution in [3.63, 3.8) is 0 Å². The van der Waals surface area contributed by atoms with Crippen LogP contribution in [0.25, 0.3) is 0 Å². The maximum Gasteiger partial charge on any atom is 0.153 e. The van der Waals surface area contributed by atoms with Crippen molar-refractivity contribution in [3.05, 3.63) is 29.6 Å². The largest absolute Gasteiger partial charge is 0.379 e. The van der Waals surface area contributed by atoms with Crippen molar-refractivity contribution in [2.75, 3.05) is 13.2 Å². The SMILES string of the molecule is CCc1cccc(C2(O)COC2)n1. The number of hydrogen-bond acceptors (Lipinski definition) is 3. The van der Waals surface area contributed by atoms with Gasteiger partial charge in [-0.25, -0.2) is 0 Å². The molecule has 70 valence electrons. The first-order valence-corrected chi connectivity index (χ1v) is 4.51. The van der Waals surface area contributed by atoms with Crippen molar-refractivity contribution in [3.8, 4) is 0 Å². The Bertz CT molecular complexity index is 308. The topological polar surface area (TPSA) is 42.4 Å². The highest BCUT2D eigenvalue weighted by Gasteiger charge is 2.39. The molecule has 0 amide bonds. The summed E-state index contributed by atoms with van der Waals surface area (Å²) in [6.07, 6.45) is 0.894. The highest BCUT2D eigenvalue weighted by Crippen LogP contribution is 2.27. The van der Waals surface area contributed by atoms with Crippen LogP contribution in [0.5, 0.6) is 0 Å². The molecule has 3 nitrogen and oxygen atoms in total. The van der Waals surface area contributed by atoms with E-state index in [4.69, 9.17) is 4.74 Å². The Balaban J connectivity index is 2.29. The molecule has 1 aromatic heterocycles. The van der Waals surface area contributed by atoms with E-state index in [0.717, 1.165) is 17.8 Å². The molecule has 1 N–H and O–H groups in total. The molecule has 2 heterocycles. The molecule has 1 saturated heterocycles. The fraction of sp³-hybridized carbons (Fsp3) is 0.500. The molecule has 0 saturated carbocycles. The third-order valence-corrected chi connectivity index (χ3v) is 2.33. The van der Waals surface area contributed by atoms with Crippen LogP contribution in [0.4, 0.5) is 0 Å². The van der Waals surface area contributed by atoms with Crippen molar-refractivity contribution in [1.29, 1.82) is 0 Å². The lowest BCUT2D eigenvalue weighted by Crippen LogP contribution is -2.47. The number of pyridine rings is 1. The Morgan fingerprint density at radius 3 is 2.85 bits per heavy atom. The Kier molecular flexibility index (Phi) is 2.06. The minimum atomic E-state index is -0.828. The lowest BCUT2D eigenvalue weighted by molar-refractivity contribution is -0.186. The maximum atomic E-state index is 9.91. The number of ether oxygens (including phenoxy) is 1. The molecule has 0 atom stereocenters. The summed E-state index contributed by atoms with van der Waals surface area (Å²) in [5.74, 6) is 0. The molecule has 0 aliphatic carbocycles. The van der Waals surface area contributed by atoms with Gasteiger partial charge >= 0.3 is 0 Å². The van der Waals surface area contributed by atoms with Crippen molar-refractivity contribution in [2.24, 2.45) is 0 Å². The van der Waals surface area contributed by atoms with E-state index in [2.05, 4.69) is 4.98 Å². The molecular formula is C10H13NO2. The maximum absolute atomic E-state index is 9.91.